The number of hydrogen-bond donors (Lipinski definition) is 2. The first-order valence-electron chi connectivity index (χ1n) is 7.28. The minimum absolute atomic E-state index is 0.187. The Kier molecular flexibility index (Phi) is 4.48. The van der Waals surface area contributed by atoms with Gasteiger partial charge in [-0.25, -0.2) is 4.98 Å². The Morgan fingerprint density at radius 1 is 1.25 bits per heavy atom. The van der Waals surface area contributed by atoms with Gasteiger partial charge in [0.05, 0.1) is 0 Å². The smallest absolute Gasteiger partial charge is 0.274 e. The molecular weight excluding hydrogens is 328 g/mol. The van der Waals surface area contributed by atoms with Gasteiger partial charge >= 0.3 is 0 Å². The number of pyridine rings is 1. The molecular formula is C17H15ClN4O2. The first-order chi connectivity index (χ1) is 11.5. The van der Waals surface area contributed by atoms with Gasteiger partial charge < -0.3 is 5.32 Å². The Morgan fingerprint density at radius 2 is 2.08 bits per heavy atom. The van der Waals surface area contributed by atoms with Crippen LogP contribution in [0.1, 0.15) is 21.6 Å². The highest BCUT2D eigenvalue weighted by molar-refractivity contribution is 6.30. The third kappa shape index (κ3) is 3.72. The number of carbonyl (C=O) groups is 1. The van der Waals surface area contributed by atoms with Crippen molar-refractivity contribution in [1.29, 1.82) is 0 Å². The quantitative estimate of drug-likeness (QED) is 0.764. The summed E-state index contributed by atoms with van der Waals surface area (Å²) >= 11 is 5.97. The van der Waals surface area contributed by atoms with Crippen LogP contribution in [0, 0.1) is 0 Å². The number of nitrogens with zero attached hydrogens (tertiary/aromatic N) is 2. The van der Waals surface area contributed by atoms with E-state index in [1.54, 1.807) is 19.3 Å². The van der Waals surface area contributed by atoms with E-state index < -0.39 is 5.91 Å². The van der Waals surface area contributed by atoms with E-state index in [4.69, 9.17) is 11.6 Å². The summed E-state index contributed by atoms with van der Waals surface area (Å²) in [7, 11) is 1.54. The zero-order valence-electron chi connectivity index (χ0n) is 12.9. The maximum atomic E-state index is 12.0. The molecule has 1 aromatic carbocycles. The number of aryl methyl sites for hydroxylation is 1. The number of nitrogens with one attached hydrogen (secondary N) is 2. The molecule has 0 aliphatic heterocycles. The van der Waals surface area contributed by atoms with Crippen LogP contribution < -0.4 is 10.9 Å². The Balaban J connectivity index is 1.68. The van der Waals surface area contributed by atoms with Gasteiger partial charge in [-0.1, -0.05) is 29.8 Å². The molecule has 3 aromatic rings. The Labute approximate surface area is 143 Å². The van der Waals surface area contributed by atoms with Crippen LogP contribution in [0.15, 0.2) is 53.5 Å². The fourth-order valence-corrected chi connectivity index (χ4v) is 2.49. The lowest BCUT2D eigenvalue weighted by Crippen LogP contribution is -2.14. The number of H-pyrrole nitrogens is 1. The van der Waals surface area contributed by atoms with E-state index >= 15 is 0 Å². The summed E-state index contributed by atoms with van der Waals surface area (Å²) in [5.41, 5.74) is 2.00. The average Bonchev–Trinajstić information content (AvgIpc) is 2.89. The lowest BCUT2D eigenvalue weighted by Gasteiger charge is -2.05. The summed E-state index contributed by atoms with van der Waals surface area (Å²) in [6.07, 6.45) is 2.40. The molecule has 3 rings (SSSR count). The minimum Gasteiger partial charge on any atom is -0.305 e. The number of aromatic amines is 1. The Hall–Kier alpha value is -2.86. The van der Waals surface area contributed by atoms with Crippen molar-refractivity contribution < 1.29 is 4.79 Å². The first-order valence-corrected chi connectivity index (χ1v) is 7.66. The number of rotatable bonds is 4. The predicted molar refractivity (Wildman–Crippen MR) is 92.5 cm³/mol. The normalized spacial score (nSPS) is 10.6. The maximum absolute atomic E-state index is 12.0. The van der Waals surface area contributed by atoms with Crippen molar-refractivity contribution in [3.63, 3.8) is 0 Å². The number of hydrogen-bond acceptors (Lipinski definition) is 3. The molecule has 0 unspecified atom stereocenters. The molecule has 24 heavy (non-hydrogen) atoms. The van der Waals surface area contributed by atoms with Crippen LogP contribution in [-0.2, 0) is 13.5 Å². The van der Waals surface area contributed by atoms with Gasteiger partial charge in [0.2, 0.25) is 0 Å². The number of amides is 1. The molecule has 6 nitrogen and oxygen atoms in total. The highest BCUT2D eigenvalue weighted by Gasteiger charge is 2.10. The highest BCUT2D eigenvalue weighted by Crippen LogP contribution is 2.15. The standard InChI is InChI=1S/C17H15ClN4O2/c1-22-16(23)9-14(21-22)17(24)20-15-6-5-12(10-19-15)7-11-3-2-4-13(18)8-11/h2-6,8-10,21H,7H2,1H3,(H,19,20,24). The predicted octanol–water partition coefficient (Wildman–Crippen LogP) is 2.60. The monoisotopic (exact) mass is 342 g/mol. The van der Waals surface area contributed by atoms with Crippen molar-refractivity contribution in [3.8, 4) is 0 Å². The van der Waals surface area contributed by atoms with E-state index in [2.05, 4.69) is 15.4 Å². The summed E-state index contributed by atoms with van der Waals surface area (Å²) in [5.74, 6) is 0.00216. The van der Waals surface area contributed by atoms with E-state index in [9.17, 15) is 9.59 Å². The number of benzene rings is 1. The Bertz CT molecular complexity index is 928. The number of anilines is 1. The highest BCUT2D eigenvalue weighted by atomic mass is 35.5. The van der Waals surface area contributed by atoms with Gasteiger partial charge in [-0.05, 0) is 35.7 Å². The van der Waals surface area contributed by atoms with Crippen LogP contribution in [-0.4, -0.2) is 20.7 Å². The Morgan fingerprint density at radius 3 is 2.71 bits per heavy atom. The topological polar surface area (TPSA) is 79.8 Å². The van der Waals surface area contributed by atoms with Crippen molar-refractivity contribution in [1.82, 2.24) is 14.8 Å². The number of halogens is 1. The van der Waals surface area contributed by atoms with Crippen LogP contribution in [0.5, 0.6) is 0 Å². The maximum Gasteiger partial charge on any atom is 0.274 e. The van der Waals surface area contributed by atoms with E-state index in [1.165, 1.54) is 10.7 Å². The van der Waals surface area contributed by atoms with Crippen LogP contribution in [0.4, 0.5) is 5.82 Å². The molecule has 0 spiro atoms. The molecule has 0 bridgehead atoms. The summed E-state index contributed by atoms with van der Waals surface area (Å²) in [6, 6.07) is 12.5. The van der Waals surface area contributed by atoms with Gasteiger partial charge in [-0.15, -0.1) is 0 Å². The zero-order valence-corrected chi connectivity index (χ0v) is 13.7. The van der Waals surface area contributed by atoms with Crippen molar-refractivity contribution in [3.05, 3.63) is 80.9 Å². The summed E-state index contributed by atoms with van der Waals surface area (Å²) in [5, 5.41) is 6.01. The largest absolute Gasteiger partial charge is 0.305 e. The lowest BCUT2D eigenvalue weighted by molar-refractivity contribution is 0.102. The van der Waals surface area contributed by atoms with Crippen LogP contribution in [0.3, 0.4) is 0 Å². The summed E-state index contributed by atoms with van der Waals surface area (Å²) in [6.45, 7) is 0. The molecule has 0 aliphatic rings. The first kappa shape index (κ1) is 16.0. The third-order valence-electron chi connectivity index (χ3n) is 3.49. The van der Waals surface area contributed by atoms with Crippen molar-refractivity contribution in [2.45, 2.75) is 6.42 Å². The molecule has 0 atom stereocenters. The fraction of sp³-hybridized carbons (Fsp3) is 0.118. The van der Waals surface area contributed by atoms with E-state index in [0.29, 0.717) is 17.3 Å². The molecule has 0 radical (unpaired) electrons. The second kappa shape index (κ2) is 6.72. The van der Waals surface area contributed by atoms with Crippen LogP contribution >= 0.6 is 11.6 Å². The van der Waals surface area contributed by atoms with E-state index in [0.717, 1.165) is 11.1 Å². The van der Waals surface area contributed by atoms with Gasteiger partial charge in [0.15, 0.2) is 0 Å². The molecule has 0 fully saturated rings. The van der Waals surface area contributed by atoms with Crippen molar-refractivity contribution in [2.75, 3.05) is 5.32 Å². The third-order valence-corrected chi connectivity index (χ3v) is 3.73. The van der Waals surface area contributed by atoms with Crippen LogP contribution in [0.25, 0.3) is 0 Å². The second-order valence-electron chi connectivity index (χ2n) is 5.38. The summed E-state index contributed by atoms with van der Waals surface area (Å²) in [4.78, 5) is 27.6. The van der Waals surface area contributed by atoms with Gasteiger partial charge in [-0.3, -0.25) is 19.4 Å². The average molecular weight is 343 g/mol. The molecule has 7 heteroatoms. The van der Waals surface area contributed by atoms with Gasteiger partial charge in [0.1, 0.15) is 11.5 Å². The molecule has 122 valence electrons. The van der Waals surface area contributed by atoms with Gasteiger partial charge in [0, 0.05) is 24.3 Å². The van der Waals surface area contributed by atoms with Crippen molar-refractivity contribution >= 4 is 23.3 Å². The number of carbonyl (C=O) groups excluding carboxylic acids is 1. The fourth-order valence-electron chi connectivity index (χ4n) is 2.27. The second-order valence-corrected chi connectivity index (χ2v) is 5.82. The van der Waals surface area contributed by atoms with Gasteiger partial charge in [-0.2, -0.15) is 0 Å². The van der Waals surface area contributed by atoms with E-state index in [1.807, 2.05) is 30.3 Å². The molecule has 0 saturated carbocycles. The molecule has 2 heterocycles. The molecule has 2 aromatic heterocycles. The molecule has 2 N–H and O–H groups in total. The molecule has 0 saturated heterocycles. The van der Waals surface area contributed by atoms with Crippen LogP contribution in [0.2, 0.25) is 5.02 Å². The van der Waals surface area contributed by atoms with Gasteiger partial charge in [0.25, 0.3) is 11.5 Å². The SMILES string of the molecule is Cn1[nH]c(C(=O)Nc2ccc(Cc3cccc(Cl)c3)cn2)cc1=O. The number of aromatic nitrogens is 3. The lowest BCUT2D eigenvalue weighted by atomic mass is 10.1. The summed E-state index contributed by atoms with van der Waals surface area (Å²) < 4.78 is 1.23. The molecule has 0 aliphatic carbocycles. The zero-order chi connectivity index (χ0) is 17.1. The minimum atomic E-state index is -0.414. The van der Waals surface area contributed by atoms with Crippen molar-refractivity contribution in [2.24, 2.45) is 7.05 Å². The van der Waals surface area contributed by atoms with E-state index in [-0.39, 0.29) is 11.3 Å². The molecule has 1 amide bonds.